The summed E-state index contributed by atoms with van der Waals surface area (Å²) in [6.45, 7) is 14.7. The summed E-state index contributed by atoms with van der Waals surface area (Å²) in [5.74, 6) is 0. The zero-order valence-corrected chi connectivity index (χ0v) is 21.7. The minimum atomic E-state index is 0. The number of hydrogen-bond donors (Lipinski definition) is 0. The second-order valence-corrected chi connectivity index (χ2v) is 9.69. The molecular formula is C27H58F2N2. The molecule has 2 unspecified atom stereocenters. The number of halogens is 2. The Morgan fingerprint density at radius 1 is 0.548 bits per heavy atom. The van der Waals surface area contributed by atoms with Gasteiger partial charge in [0.25, 0.3) is 0 Å². The van der Waals surface area contributed by atoms with Crippen molar-refractivity contribution in [2.24, 2.45) is 0 Å². The van der Waals surface area contributed by atoms with Crippen LogP contribution in [-0.4, -0.2) is 48.1 Å². The summed E-state index contributed by atoms with van der Waals surface area (Å²) in [7, 11) is 0. The third kappa shape index (κ3) is 15.3. The van der Waals surface area contributed by atoms with Crippen molar-refractivity contribution in [3.05, 3.63) is 0 Å². The van der Waals surface area contributed by atoms with Crippen LogP contribution in [0.25, 0.3) is 0 Å². The molecule has 0 bridgehead atoms. The zero-order chi connectivity index (χ0) is 21.2. The standard InChI is InChI=1S/C14H29N.C13H27N.2FH/c1-3-5-6-7-8-12-15-13-9-11-14(15)10-4-2;1-3-5-6-7-8-11-14-12-9-10-13(14)4-2;;/h14H,3-13H2,1-2H3;13H,3-12H2,1-2H3;2*1H. The van der Waals surface area contributed by atoms with Gasteiger partial charge >= 0.3 is 0 Å². The van der Waals surface area contributed by atoms with Crippen LogP contribution in [0.2, 0.25) is 0 Å². The van der Waals surface area contributed by atoms with Crippen molar-refractivity contribution >= 4 is 0 Å². The summed E-state index contributed by atoms with van der Waals surface area (Å²) >= 11 is 0. The summed E-state index contributed by atoms with van der Waals surface area (Å²) in [6.07, 6.45) is 24.2. The molecule has 2 heterocycles. The Kier molecular flexibility index (Phi) is 24.4. The van der Waals surface area contributed by atoms with E-state index in [9.17, 15) is 0 Å². The molecule has 31 heavy (non-hydrogen) atoms. The summed E-state index contributed by atoms with van der Waals surface area (Å²) in [5.41, 5.74) is 0. The van der Waals surface area contributed by atoms with E-state index in [1.807, 2.05) is 0 Å². The van der Waals surface area contributed by atoms with E-state index in [2.05, 4.69) is 37.5 Å². The minimum absolute atomic E-state index is 0. The largest absolute Gasteiger partial charge is 0.300 e. The fraction of sp³-hybridized carbons (Fsp3) is 1.00. The van der Waals surface area contributed by atoms with Gasteiger partial charge in [-0.25, -0.2) is 0 Å². The molecule has 0 aromatic rings. The van der Waals surface area contributed by atoms with Gasteiger partial charge in [0.2, 0.25) is 0 Å². The highest BCUT2D eigenvalue weighted by atomic mass is 19.0. The Morgan fingerprint density at radius 2 is 1.00 bits per heavy atom. The molecular weight excluding hydrogens is 390 g/mol. The Bertz CT molecular complexity index is 354. The molecule has 4 heteroatoms. The zero-order valence-electron chi connectivity index (χ0n) is 21.7. The van der Waals surface area contributed by atoms with Gasteiger partial charge in [-0.05, 0) is 77.5 Å². The smallest absolute Gasteiger partial charge is 0.00956 e. The Morgan fingerprint density at radius 3 is 1.45 bits per heavy atom. The number of nitrogens with zero attached hydrogens (tertiary/aromatic N) is 2. The highest BCUT2D eigenvalue weighted by molar-refractivity contribution is 4.78. The average molecular weight is 449 g/mol. The molecule has 0 amide bonds. The van der Waals surface area contributed by atoms with E-state index in [1.165, 1.54) is 135 Å². The van der Waals surface area contributed by atoms with Crippen LogP contribution >= 0.6 is 0 Å². The molecule has 2 nitrogen and oxygen atoms in total. The normalized spacial score (nSPS) is 21.3. The minimum Gasteiger partial charge on any atom is -0.300 e. The Balaban J connectivity index is 0. The van der Waals surface area contributed by atoms with Crippen molar-refractivity contribution < 1.29 is 9.41 Å². The second-order valence-electron chi connectivity index (χ2n) is 9.69. The van der Waals surface area contributed by atoms with E-state index in [0.29, 0.717) is 0 Å². The van der Waals surface area contributed by atoms with Crippen LogP contribution in [0.4, 0.5) is 9.41 Å². The van der Waals surface area contributed by atoms with Crippen molar-refractivity contribution in [1.82, 2.24) is 9.80 Å². The van der Waals surface area contributed by atoms with Crippen molar-refractivity contribution in [3.63, 3.8) is 0 Å². The molecule has 2 aliphatic heterocycles. The maximum absolute atomic E-state index is 2.75. The molecule has 0 N–H and O–H groups in total. The molecule has 0 aromatic carbocycles. The summed E-state index contributed by atoms with van der Waals surface area (Å²) in [6, 6.07) is 1.85. The topological polar surface area (TPSA) is 6.48 Å². The van der Waals surface area contributed by atoms with E-state index in [-0.39, 0.29) is 9.41 Å². The highest BCUT2D eigenvalue weighted by Crippen LogP contribution is 2.22. The van der Waals surface area contributed by atoms with Gasteiger partial charge in [0.1, 0.15) is 0 Å². The predicted molar refractivity (Wildman–Crippen MR) is 137 cm³/mol. The quantitative estimate of drug-likeness (QED) is 0.232. The Labute approximate surface area is 194 Å². The molecule has 2 rings (SSSR count). The molecule has 0 spiro atoms. The lowest BCUT2D eigenvalue weighted by molar-refractivity contribution is 0.236. The summed E-state index contributed by atoms with van der Waals surface area (Å²) < 4.78 is 0. The van der Waals surface area contributed by atoms with Crippen molar-refractivity contribution in [2.45, 2.75) is 149 Å². The first-order chi connectivity index (χ1) is 14.3. The van der Waals surface area contributed by atoms with E-state index in [4.69, 9.17) is 0 Å². The van der Waals surface area contributed by atoms with E-state index in [1.54, 1.807) is 0 Å². The first kappa shape index (κ1) is 33.0. The SMILES string of the molecule is CCCCCCCN1CCCC1CC.CCCCCCCN1CCCC1CCC.F.F. The molecule has 2 fully saturated rings. The van der Waals surface area contributed by atoms with Gasteiger partial charge < -0.3 is 9.80 Å². The molecule has 0 aliphatic carbocycles. The lowest BCUT2D eigenvalue weighted by atomic mass is 10.1. The molecule has 0 radical (unpaired) electrons. The van der Waals surface area contributed by atoms with Gasteiger partial charge in [0.15, 0.2) is 0 Å². The van der Waals surface area contributed by atoms with Crippen LogP contribution in [-0.2, 0) is 0 Å². The van der Waals surface area contributed by atoms with Gasteiger partial charge in [-0.3, -0.25) is 9.41 Å². The van der Waals surface area contributed by atoms with Crippen molar-refractivity contribution in [3.8, 4) is 0 Å². The van der Waals surface area contributed by atoms with Crippen LogP contribution in [0.5, 0.6) is 0 Å². The van der Waals surface area contributed by atoms with E-state index < -0.39 is 0 Å². The molecule has 2 aliphatic rings. The third-order valence-electron chi connectivity index (χ3n) is 7.19. The number of likely N-dealkylation sites (tertiary alicyclic amines) is 2. The van der Waals surface area contributed by atoms with Gasteiger partial charge in [0.05, 0.1) is 0 Å². The first-order valence-corrected chi connectivity index (χ1v) is 13.7. The van der Waals surface area contributed by atoms with Crippen LogP contribution in [0.3, 0.4) is 0 Å². The molecule has 2 atom stereocenters. The van der Waals surface area contributed by atoms with Crippen LogP contribution in [0.1, 0.15) is 137 Å². The molecule has 190 valence electrons. The summed E-state index contributed by atoms with van der Waals surface area (Å²) in [5, 5.41) is 0. The molecule has 0 aromatic heterocycles. The first-order valence-electron chi connectivity index (χ1n) is 13.7. The Hall–Kier alpha value is -0.220. The maximum Gasteiger partial charge on any atom is 0.00956 e. The highest BCUT2D eigenvalue weighted by Gasteiger charge is 2.22. The monoisotopic (exact) mass is 448 g/mol. The number of rotatable bonds is 15. The lowest BCUT2D eigenvalue weighted by Crippen LogP contribution is -2.30. The van der Waals surface area contributed by atoms with Gasteiger partial charge in [-0.15, -0.1) is 0 Å². The van der Waals surface area contributed by atoms with Gasteiger partial charge in [-0.2, -0.15) is 0 Å². The fourth-order valence-electron chi connectivity index (χ4n) is 5.34. The summed E-state index contributed by atoms with van der Waals surface area (Å²) in [4.78, 5) is 5.46. The van der Waals surface area contributed by atoms with Crippen LogP contribution in [0.15, 0.2) is 0 Å². The number of hydrogen-bond acceptors (Lipinski definition) is 2. The van der Waals surface area contributed by atoms with Gasteiger partial charge in [0, 0.05) is 12.1 Å². The predicted octanol–water partition coefficient (Wildman–Crippen LogP) is 8.36. The number of unbranched alkanes of at least 4 members (excludes halogenated alkanes) is 8. The van der Waals surface area contributed by atoms with Crippen LogP contribution in [0, 0.1) is 0 Å². The third-order valence-corrected chi connectivity index (χ3v) is 7.19. The van der Waals surface area contributed by atoms with E-state index in [0.717, 1.165) is 12.1 Å². The van der Waals surface area contributed by atoms with Gasteiger partial charge in [-0.1, -0.05) is 85.5 Å². The molecule has 2 saturated heterocycles. The molecule has 0 saturated carbocycles. The average Bonchev–Trinajstić information content (AvgIpc) is 3.37. The van der Waals surface area contributed by atoms with E-state index >= 15 is 0 Å². The fourth-order valence-corrected chi connectivity index (χ4v) is 5.34. The van der Waals surface area contributed by atoms with Crippen LogP contribution < -0.4 is 0 Å². The lowest BCUT2D eigenvalue weighted by Gasteiger charge is -2.23. The van der Waals surface area contributed by atoms with Crippen molar-refractivity contribution in [2.75, 3.05) is 26.2 Å². The van der Waals surface area contributed by atoms with Crippen molar-refractivity contribution in [1.29, 1.82) is 0 Å². The maximum atomic E-state index is 2.75. The second kappa shape index (κ2) is 23.0.